The second kappa shape index (κ2) is 7.90. The lowest BCUT2D eigenvalue weighted by atomic mass is 10.0. The predicted octanol–water partition coefficient (Wildman–Crippen LogP) is 2.98. The molecule has 0 bridgehead atoms. The molecular weight excluding hydrogens is 219 g/mol. The number of hydrogen-bond acceptors (Lipinski definition) is 2. The molecule has 0 aliphatic carbocycles. The van der Waals surface area contributed by atoms with Crippen molar-refractivity contribution in [3.8, 4) is 0 Å². The summed E-state index contributed by atoms with van der Waals surface area (Å²) < 4.78 is 40.7. The molecule has 2 atom stereocenters. The highest BCUT2D eigenvalue weighted by molar-refractivity contribution is 4.69. The van der Waals surface area contributed by atoms with E-state index in [1.807, 2.05) is 7.05 Å². The summed E-state index contributed by atoms with van der Waals surface area (Å²) in [6.07, 6.45) is -3.76. The Morgan fingerprint density at radius 3 is 2.38 bits per heavy atom. The van der Waals surface area contributed by atoms with Gasteiger partial charge in [-0.15, -0.1) is 0 Å². The van der Waals surface area contributed by atoms with Crippen molar-refractivity contribution in [2.45, 2.75) is 45.3 Å². The molecule has 0 rings (SSSR count). The first-order chi connectivity index (χ1) is 7.40. The molecule has 0 saturated carbocycles. The van der Waals surface area contributed by atoms with E-state index in [9.17, 15) is 13.2 Å². The minimum absolute atomic E-state index is 0.0421. The highest BCUT2D eigenvalue weighted by Crippen LogP contribution is 2.21. The van der Waals surface area contributed by atoms with Gasteiger partial charge in [-0.3, -0.25) is 0 Å². The first kappa shape index (κ1) is 15.7. The monoisotopic (exact) mass is 241 g/mol. The zero-order chi connectivity index (χ0) is 12.6. The first-order valence-electron chi connectivity index (χ1n) is 5.72. The molecule has 0 fully saturated rings. The third kappa shape index (κ3) is 7.93. The molecule has 0 heterocycles. The van der Waals surface area contributed by atoms with Gasteiger partial charge in [0.15, 0.2) is 0 Å². The molecule has 2 nitrogen and oxygen atoms in total. The summed E-state index contributed by atoms with van der Waals surface area (Å²) in [6.45, 7) is 4.83. The second-order valence-electron chi connectivity index (χ2n) is 4.07. The van der Waals surface area contributed by atoms with E-state index in [-0.39, 0.29) is 19.1 Å². The predicted molar refractivity (Wildman–Crippen MR) is 58.4 cm³/mol. The number of hydrogen-bond donors (Lipinski definition) is 1. The zero-order valence-electron chi connectivity index (χ0n) is 10.2. The van der Waals surface area contributed by atoms with Gasteiger partial charge < -0.3 is 10.1 Å². The van der Waals surface area contributed by atoms with E-state index in [2.05, 4.69) is 19.2 Å². The number of rotatable bonds is 8. The van der Waals surface area contributed by atoms with Gasteiger partial charge in [-0.2, -0.15) is 13.2 Å². The molecule has 0 spiro atoms. The van der Waals surface area contributed by atoms with Gasteiger partial charge in [-0.25, -0.2) is 0 Å². The van der Waals surface area contributed by atoms with Crippen molar-refractivity contribution in [1.29, 1.82) is 0 Å². The van der Waals surface area contributed by atoms with Crippen LogP contribution in [0.4, 0.5) is 13.2 Å². The summed E-state index contributed by atoms with van der Waals surface area (Å²) in [5.74, 6) is 0.465. The molecule has 0 aromatic rings. The Kier molecular flexibility index (Phi) is 7.76. The lowest BCUT2D eigenvalue weighted by molar-refractivity contribution is -0.138. The summed E-state index contributed by atoms with van der Waals surface area (Å²) in [4.78, 5) is 0. The van der Waals surface area contributed by atoms with Crippen molar-refractivity contribution in [3.63, 3.8) is 0 Å². The van der Waals surface area contributed by atoms with Gasteiger partial charge in [0.05, 0.1) is 6.61 Å². The average Bonchev–Trinajstić information content (AvgIpc) is 2.21. The fourth-order valence-electron chi connectivity index (χ4n) is 1.40. The maximum Gasteiger partial charge on any atom is 0.389 e. The maximum absolute atomic E-state index is 11.8. The summed E-state index contributed by atoms with van der Waals surface area (Å²) in [6, 6.07) is 0.218. The zero-order valence-corrected chi connectivity index (χ0v) is 10.2. The van der Waals surface area contributed by atoms with E-state index in [0.29, 0.717) is 12.5 Å². The SMILES string of the molecule is CCC(C)C(COCCCC(F)(F)F)NC. The Bertz CT molecular complexity index is 173. The van der Waals surface area contributed by atoms with E-state index >= 15 is 0 Å². The third-order valence-corrected chi connectivity index (χ3v) is 2.75. The van der Waals surface area contributed by atoms with Crippen LogP contribution in [0.2, 0.25) is 0 Å². The van der Waals surface area contributed by atoms with Crippen LogP contribution in [0, 0.1) is 5.92 Å². The number of nitrogens with one attached hydrogen (secondary N) is 1. The third-order valence-electron chi connectivity index (χ3n) is 2.75. The maximum atomic E-state index is 11.8. The molecule has 1 N–H and O–H groups in total. The van der Waals surface area contributed by atoms with Crippen molar-refractivity contribution in [3.05, 3.63) is 0 Å². The van der Waals surface area contributed by atoms with Crippen LogP contribution in [0.25, 0.3) is 0 Å². The van der Waals surface area contributed by atoms with E-state index in [1.54, 1.807) is 0 Å². The molecule has 16 heavy (non-hydrogen) atoms. The molecule has 0 aliphatic heterocycles. The quantitative estimate of drug-likeness (QED) is 0.660. The average molecular weight is 241 g/mol. The molecule has 0 aromatic heterocycles. The molecule has 0 amide bonds. The van der Waals surface area contributed by atoms with Crippen molar-refractivity contribution >= 4 is 0 Å². The Hall–Kier alpha value is -0.290. The number of ether oxygens (including phenoxy) is 1. The van der Waals surface area contributed by atoms with Gasteiger partial charge in [-0.1, -0.05) is 20.3 Å². The Balaban J connectivity index is 3.56. The van der Waals surface area contributed by atoms with Gasteiger partial charge in [0.1, 0.15) is 0 Å². The summed E-state index contributed by atoms with van der Waals surface area (Å²) >= 11 is 0. The minimum Gasteiger partial charge on any atom is -0.380 e. The molecule has 5 heteroatoms. The second-order valence-corrected chi connectivity index (χ2v) is 4.07. The highest BCUT2D eigenvalue weighted by Gasteiger charge is 2.26. The number of alkyl halides is 3. The Morgan fingerprint density at radius 1 is 1.31 bits per heavy atom. The van der Waals surface area contributed by atoms with Crippen LogP contribution in [-0.2, 0) is 4.74 Å². The largest absolute Gasteiger partial charge is 0.389 e. The summed E-state index contributed by atoms with van der Waals surface area (Å²) in [7, 11) is 1.84. The van der Waals surface area contributed by atoms with Crippen LogP contribution in [-0.4, -0.2) is 32.5 Å². The molecule has 0 radical (unpaired) electrons. The fraction of sp³-hybridized carbons (Fsp3) is 1.00. The van der Waals surface area contributed by atoms with Crippen molar-refractivity contribution in [1.82, 2.24) is 5.32 Å². The van der Waals surface area contributed by atoms with Gasteiger partial charge in [0.2, 0.25) is 0 Å². The summed E-state index contributed by atoms with van der Waals surface area (Å²) in [5.41, 5.74) is 0. The summed E-state index contributed by atoms with van der Waals surface area (Å²) in [5, 5.41) is 3.11. The van der Waals surface area contributed by atoms with Gasteiger partial charge in [-0.05, 0) is 19.4 Å². The van der Waals surface area contributed by atoms with Gasteiger partial charge in [0.25, 0.3) is 0 Å². The van der Waals surface area contributed by atoms with Crippen LogP contribution in [0.15, 0.2) is 0 Å². The van der Waals surface area contributed by atoms with Crippen LogP contribution in [0.3, 0.4) is 0 Å². The van der Waals surface area contributed by atoms with Crippen LogP contribution >= 0.6 is 0 Å². The van der Waals surface area contributed by atoms with Gasteiger partial charge in [0, 0.05) is 19.1 Å². The van der Waals surface area contributed by atoms with E-state index in [1.165, 1.54) is 0 Å². The van der Waals surface area contributed by atoms with Crippen molar-refractivity contribution in [2.75, 3.05) is 20.3 Å². The van der Waals surface area contributed by atoms with E-state index in [0.717, 1.165) is 6.42 Å². The molecule has 0 aromatic carbocycles. The topological polar surface area (TPSA) is 21.3 Å². The van der Waals surface area contributed by atoms with Crippen LogP contribution in [0.5, 0.6) is 0 Å². The molecule has 2 unspecified atom stereocenters. The normalized spacial score (nSPS) is 16.1. The first-order valence-corrected chi connectivity index (χ1v) is 5.72. The van der Waals surface area contributed by atoms with Crippen LogP contribution in [0.1, 0.15) is 33.1 Å². The smallest absolute Gasteiger partial charge is 0.380 e. The fourth-order valence-corrected chi connectivity index (χ4v) is 1.40. The van der Waals surface area contributed by atoms with E-state index < -0.39 is 12.6 Å². The standard InChI is InChI=1S/C11H22F3NO/c1-4-9(2)10(15-3)8-16-7-5-6-11(12,13)14/h9-10,15H,4-8H2,1-3H3. The van der Waals surface area contributed by atoms with Crippen LogP contribution < -0.4 is 5.32 Å². The minimum atomic E-state index is -4.07. The molecule has 0 aliphatic rings. The number of halogens is 3. The van der Waals surface area contributed by atoms with Gasteiger partial charge >= 0.3 is 6.18 Å². The van der Waals surface area contributed by atoms with E-state index in [4.69, 9.17) is 4.74 Å². The molecule has 98 valence electrons. The molecular formula is C11H22F3NO. The molecule has 0 saturated heterocycles. The van der Waals surface area contributed by atoms with Crippen molar-refractivity contribution < 1.29 is 17.9 Å². The van der Waals surface area contributed by atoms with Crippen molar-refractivity contribution in [2.24, 2.45) is 5.92 Å². The lowest BCUT2D eigenvalue weighted by Crippen LogP contribution is -2.36. The number of likely N-dealkylation sites (N-methyl/N-ethyl adjacent to an activating group) is 1. The Labute approximate surface area is 95.5 Å². The highest BCUT2D eigenvalue weighted by atomic mass is 19.4. The lowest BCUT2D eigenvalue weighted by Gasteiger charge is -2.22. The Morgan fingerprint density at radius 2 is 1.94 bits per heavy atom.